The molecule has 0 saturated heterocycles. The molecule has 0 spiro atoms. The smallest absolute Gasteiger partial charge is 0.350 e. The first-order chi connectivity index (χ1) is 64.8. The molecular weight excluding hydrogens is 1870 g/mol. The summed E-state index contributed by atoms with van der Waals surface area (Å²) in [6.07, 6.45) is 12.7. The predicted octanol–water partition coefficient (Wildman–Crippen LogP) is 20.9. The van der Waals surface area contributed by atoms with Crippen LogP contribution in [0.25, 0.3) is 0 Å². The van der Waals surface area contributed by atoms with E-state index in [1.54, 1.807) is 0 Å². The molecule has 0 radical (unpaired) electrons. The minimum atomic E-state index is -1.23. The highest BCUT2D eigenvalue weighted by Crippen LogP contribution is 2.28. The summed E-state index contributed by atoms with van der Waals surface area (Å²) < 4.78 is 90.3. The molecule has 0 bridgehead atoms. The summed E-state index contributed by atoms with van der Waals surface area (Å²) >= 11 is 0. The van der Waals surface area contributed by atoms with E-state index in [2.05, 4.69) is 76.2 Å². The van der Waals surface area contributed by atoms with Gasteiger partial charge in [-0.2, -0.15) is 0 Å². The maximum absolute atomic E-state index is 11.8. The maximum Gasteiger partial charge on any atom is 0.350 e. The lowest BCUT2D eigenvalue weighted by atomic mass is 9.92. The average molecular weight is 2070 g/mol. The van der Waals surface area contributed by atoms with Crippen LogP contribution in [0.4, 0.5) is 0 Å². The molecule has 0 fully saturated rings. The maximum atomic E-state index is 11.8. The van der Waals surface area contributed by atoms with Crippen molar-refractivity contribution in [3.63, 3.8) is 0 Å². The fourth-order valence-electron chi connectivity index (χ4n) is 10.5. The fraction of sp³-hybridized carbons (Fsp3) is 0.833. The fourth-order valence-corrected chi connectivity index (χ4v) is 10.5. The van der Waals surface area contributed by atoms with Gasteiger partial charge in [0.2, 0.25) is 50.4 Å². The van der Waals surface area contributed by atoms with E-state index >= 15 is 0 Å². The zero-order valence-electron chi connectivity index (χ0n) is 98.5. The molecular formula is C108H198O36. The summed E-state index contributed by atoms with van der Waals surface area (Å²) in [5, 5.41) is 0. The quantitative estimate of drug-likeness (QED) is 0.0310. The van der Waals surface area contributed by atoms with E-state index in [0.29, 0.717) is 63.3 Å². The molecule has 0 aromatic rings. The summed E-state index contributed by atoms with van der Waals surface area (Å²) in [6.45, 7) is 87.5. The van der Waals surface area contributed by atoms with Gasteiger partial charge in [0.1, 0.15) is 11.7 Å². The van der Waals surface area contributed by atoms with Gasteiger partial charge in [-0.05, 0) is 250 Å². The molecule has 0 amide bonds. The van der Waals surface area contributed by atoms with Gasteiger partial charge in [-0.15, -0.1) is 0 Å². The standard InChI is InChI=1S/9C12H22O4/c1-9(13)16-12(5,6)10(14)15-8-7-11(2,3)4;1-8(2)9(3)7-15-11(14)12(5,6)16-10(4)13;1-9(2)7-6-8-15-11(14)12(4,5)16-10(3)13;1-7-11(3,4)8-15-10(14)12(5,6)16-9(2)13;1-7-8-11(3,4)16-10(14)12(5,6)15-9(2)13;1-7-8(2)9(3)15-11(14)12(5,6)16-10(4)13;1-6-9(2)7-8-15-11(14)12(4,5)16-10(3)13;1-6-7-9(2)8-15-11(14)12(4,5)16-10(3)13;1-6-7-8-9(2)15-11(14)12(4,5)16-10(3)13/h7-8H2,1-6H3;8-9H,7H2,1-6H3;9H,6-8H2,1-5H3;2*7-8H2,1-6H3;8-9H,7H2,1-6H3;3*9H,6-8H2,1-5H3. The van der Waals surface area contributed by atoms with Gasteiger partial charge in [0, 0.05) is 62.3 Å². The van der Waals surface area contributed by atoms with E-state index in [-0.39, 0.29) is 34.9 Å². The van der Waals surface area contributed by atoms with Crippen LogP contribution >= 0.6 is 0 Å². The molecule has 0 aliphatic heterocycles. The van der Waals surface area contributed by atoms with Crippen molar-refractivity contribution in [1.29, 1.82) is 0 Å². The number of rotatable bonds is 48. The van der Waals surface area contributed by atoms with Crippen LogP contribution in [0.2, 0.25) is 0 Å². The molecule has 36 heteroatoms. The zero-order chi connectivity index (χ0) is 116. The number of esters is 18. The molecule has 6 unspecified atom stereocenters. The Morgan fingerprint density at radius 1 is 0.250 bits per heavy atom. The topological polar surface area (TPSA) is 473 Å². The van der Waals surface area contributed by atoms with Gasteiger partial charge in [-0.25, -0.2) is 43.2 Å². The van der Waals surface area contributed by atoms with E-state index in [9.17, 15) is 86.3 Å². The molecule has 0 N–H and O–H groups in total. The summed E-state index contributed by atoms with van der Waals surface area (Å²) in [7, 11) is 0. The van der Waals surface area contributed by atoms with Gasteiger partial charge in [0.05, 0.1) is 45.7 Å². The second kappa shape index (κ2) is 73.5. The van der Waals surface area contributed by atoms with E-state index in [4.69, 9.17) is 85.3 Å². The van der Waals surface area contributed by atoms with Crippen LogP contribution in [0, 0.1) is 46.3 Å². The minimum Gasteiger partial charge on any atom is -0.463 e. The van der Waals surface area contributed by atoms with Gasteiger partial charge in [-0.3, -0.25) is 43.2 Å². The highest BCUT2D eigenvalue weighted by Gasteiger charge is 2.42. The van der Waals surface area contributed by atoms with Crippen LogP contribution in [-0.2, 0) is 172 Å². The SMILES string of the molecule is CC(=O)OC(C)(C)C(=O)OCC(C)C(C)C.CC(=O)OC(C)(C)C(=O)OCCC(C)(C)C.CC(=O)OC(C)(C)C(=O)OCCCC(C)C.CCC(C)(C)COC(=O)C(C)(C)OC(C)=O.CCC(C)C(C)OC(=O)C(C)(C)OC(C)=O.CCC(C)CCOC(=O)C(C)(C)OC(C)=O.CCCC(C)(C)OC(=O)C(C)(C)OC(C)=O.CCCC(C)COC(=O)C(C)(C)OC(C)=O.CCCCC(C)OC(=O)C(C)(C)OC(C)=O. The van der Waals surface area contributed by atoms with E-state index < -0.39 is 163 Å². The summed E-state index contributed by atoms with van der Waals surface area (Å²) in [5.41, 5.74) is -11.3. The number of ether oxygens (including phenoxy) is 18. The van der Waals surface area contributed by atoms with Gasteiger partial charge in [-0.1, -0.05) is 170 Å². The van der Waals surface area contributed by atoms with Crippen molar-refractivity contribution in [2.75, 3.05) is 39.6 Å². The van der Waals surface area contributed by atoms with Crippen LogP contribution < -0.4 is 0 Å². The Kier molecular flexibility index (Phi) is 77.7. The van der Waals surface area contributed by atoms with Crippen LogP contribution in [0.1, 0.15) is 436 Å². The molecule has 0 aliphatic carbocycles. The van der Waals surface area contributed by atoms with Crippen LogP contribution in [0.3, 0.4) is 0 Å². The normalized spacial score (nSPS) is 12.8. The molecule has 0 aromatic carbocycles. The average Bonchev–Trinajstić information content (AvgIpc) is 0.844. The second-order valence-corrected chi connectivity index (χ2v) is 43.7. The number of carbonyl (C=O) groups excluding carboxylic acids is 18. The van der Waals surface area contributed by atoms with Gasteiger partial charge in [0.25, 0.3) is 0 Å². The van der Waals surface area contributed by atoms with Crippen molar-refractivity contribution in [1.82, 2.24) is 0 Å². The third kappa shape index (κ3) is 84.6. The number of hydrogen-bond acceptors (Lipinski definition) is 36. The van der Waals surface area contributed by atoms with Crippen LogP contribution in [-0.4, -0.2) is 215 Å². The van der Waals surface area contributed by atoms with E-state index in [1.807, 2.05) is 83.1 Å². The molecule has 0 rings (SSSR count). The first kappa shape index (κ1) is 152. The van der Waals surface area contributed by atoms with Crippen LogP contribution in [0.5, 0.6) is 0 Å². The summed E-state index contributed by atoms with van der Waals surface area (Å²) in [5.74, 6) is -6.40. The molecule has 0 saturated carbocycles. The third-order valence-corrected chi connectivity index (χ3v) is 20.5. The van der Waals surface area contributed by atoms with Crippen molar-refractivity contribution in [2.24, 2.45) is 46.3 Å². The molecule has 0 aromatic heterocycles. The first-order valence-corrected chi connectivity index (χ1v) is 50.2. The van der Waals surface area contributed by atoms with Crippen LogP contribution in [0.15, 0.2) is 0 Å². The Morgan fingerprint density at radius 3 is 0.833 bits per heavy atom. The zero-order valence-corrected chi connectivity index (χ0v) is 98.5. The number of carbonyl (C=O) groups is 18. The van der Waals surface area contributed by atoms with Gasteiger partial charge in [0.15, 0.2) is 0 Å². The van der Waals surface area contributed by atoms with E-state index in [0.717, 1.165) is 89.9 Å². The number of hydrogen-bond donors (Lipinski definition) is 0. The van der Waals surface area contributed by atoms with Crippen molar-refractivity contribution in [2.45, 2.75) is 504 Å². The molecule has 36 nitrogen and oxygen atoms in total. The van der Waals surface area contributed by atoms with Crippen molar-refractivity contribution >= 4 is 107 Å². The summed E-state index contributed by atoms with van der Waals surface area (Å²) in [6, 6.07) is 0. The lowest BCUT2D eigenvalue weighted by Gasteiger charge is -2.30. The van der Waals surface area contributed by atoms with Crippen molar-refractivity contribution in [3.05, 3.63) is 0 Å². The van der Waals surface area contributed by atoms with Crippen molar-refractivity contribution < 1.29 is 172 Å². The molecule has 846 valence electrons. The summed E-state index contributed by atoms with van der Waals surface area (Å²) in [4.78, 5) is 202. The van der Waals surface area contributed by atoms with E-state index in [1.165, 1.54) is 187 Å². The molecule has 0 aliphatic rings. The highest BCUT2D eigenvalue weighted by molar-refractivity contribution is 5.87. The Hall–Kier alpha value is -9.54. The Labute approximate surface area is 865 Å². The molecule has 144 heavy (non-hydrogen) atoms. The Balaban J connectivity index is -0.000000203. The lowest BCUT2D eigenvalue weighted by Crippen LogP contribution is -2.42. The number of unbranched alkanes of at least 4 members (excludes halogenated alkanes) is 1. The highest BCUT2D eigenvalue weighted by atomic mass is 16.7. The Morgan fingerprint density at radius 2 is 0.549 bits per heavy atom. The minimum absolute atomic E-state index is 0.0536. The Bertz CT molecular complexity index is 3820. The third-order valence-electron chi connectivity index (χ3n) is 20.5. The van der Waals surface area contributed by atoms with Gasteiger partial charge >= 0.3 is 107 Å². The monoisotopic (exact) mass is 2070 g/mol. The van der Waals surface area contributed by atoms with Crippen molar-refractivity contribution in [3.8, 4) is 0 Å². The second-order valence-electron chi connectivity index (χ2n) is 43.7. The van der Waals surface area contributed by atoms with Gasteiger partial charge < -0.3 is 85.3 Å². The molecule has 0 heterocycles. The first-order valence-electron chi connectivity index (χ1n) is 50.2. The lowest BCUT2D eigenvalue weighted by molar-refractivity contribution is -0.187. The molecule has 6 atom stereocenters. The largest absolute Gasteiger partial charge is 0.463 e. The predicted molar refractivity (Wildman–Crippen MR) is 548 cm³/mol.